The Balaban J connectivity index is 1.38. The van der Waals surface area contributed by atoms with E-state index in [0.29, 0.717) is 0 Å². The lowest BCUT2D eigenvalue weighted by molar-refractivity contribution is 0.153. The number of hydrogen-bond donors (Lipinski definition) is 0. The number of benzene rings is 1. The summed E-state index contributed by atoms with van der Waals surface area (Å²) in [6, 6.07) is 8.38. The molecular formula is C22H34N4O. The van der Waals surface area contributed by atoms with Crippen molar-refractivity contribution in [3.8, 4) is 5.75 Å². The van der Waals surface area contributed by atoms with Crippen LogP contribution in [0.15, 0.2) is 36.7 Å². The van der Waals surface area contributed by atoms with Crippen molar-refractivity contribution in [1.82, 2.24) is 19.6 Å². The molecule has 0 spiro atoms. The molecule has 5 nitrogen and oxygen atoms in total. The first-order valence-electron chi connectivity index (χ1n) is 10.2. The zero-order chi connectivity index (χ0) is 19.1. The summed E-state index contributed by atoms with van der Waals surface area (Å²) in [6.45, 7) is 8.78. The van der Waals surface area contributed by atoms with Gasteiger partial charge in [-0.25, -0.2) is 0 Å². The summed E-state index contributed by atoms with van der Waals surface area (Å²) >= 11 is 0. The molecule has 2 heterocycles. The lowest BCUT2D eigenvalue weighted by Gasteiger charge is -2.34. The minimum absolute atomic E-state index is 0.804. The number of aromatic nitrogens is 2. The normalized spacial score (nSPS) is 16.1. The van der Waals surface area contributed by atoms with Crippen LogP contribution in [-0.4, -0.2) is 59.9 Å². The van der Waals surface area contributed by atoms with Gasteiger partial charge in [-0.05, 0) is 63.9 Å². The van der Waals surface area contributed by atoms with Crippen LogP contribution in [-0.2, 0) is 19.5 Å². The second kappa shape index (κ2) is 9.90. The zero-order valence-corrected chi connectivity index (χ0v) is 17.1. The van der Waals surface area contributed by atoms with Gasteiger partial charge in [0.25, 0.3) is 0 Å². The summed E-state index contributed by atoms with van der Waals surface area (Å²) < 4.78 is 7.48. The van der Waals surface area contributed by atoms with Gasteiger partial charge in [-0.1, -0.05) is 18.2 Å². The molecule has 1 aromatic heterocycles. The molecule has 0 amide bonds. The van der Waals surface area contributed by atoms with Gasteiger partial charge in [-0.2, -0.15) is 5.10 Å². The van der Waals surface area contributed by atoms with Crippen molar-refractivity contribution in [2.75, 3.05) is 40.3 Å². The van der Waals surface area contributed by atoms with E-state index < -0.39 is 0 Å². The van der Waals surface area contributed by atoms with Crippen molar-refractivity contribution >= 4 is 0 Å². The van der Waals surface area contributed by atoms with Crippen molar-refractivity contribution in [3.63, 3.8) is 0 Å². The summed E-state index contributed by atoms with van der Waals surface area (Å²) in [6.07, 6.45) is 7.82. The van der Waals surface area contributed by atoms with Crippen LogP contribution in [0.5, 0.6) is 5.75 Å². The van der Waals surface area contributed by atoms with E-state index in [1.54, 1.807) is 7.11 Å². The van der Waals surface area contributed by atoms with Crippen LogP contribution in [0.1, 0.15) is 30.9 Å². The minimum Gasteiger partial charge on any atom is -0.496 e. The smallest absolute Gasteiger partial charge is 0.122 e. The van der Waals surface area contributed by atoms with Crippen molar-refractivity contribution < 1.29 is 4.74 Å². The number of methoxy groups -OCH3 is 1. The Morgan fingerprint density at radius 2 is 2.00 bits per heavy atom. The molecule has 1 aromatic carbocycles. The molecule has 1 fully saturated rings. The van der Waals surface area contributed by atoms with E-state index in [1.807, 2.05) is 16.9 Å². The van der Waals surface area contributed by atoms with Gasteiger partial charge in [0.2, 0.25) is 0 Å². The fourth-order valence-corrected chi connectivity index (χ4v) is 4.06. The zero-order valence-electron chi connectivity index (χ0n) is 17.1. The van der Waals surface area contributed by atoms with Gasteiger partial charge in [0, 0.05) is 37.9 Å². The van der Waals surface area contributed by atoms with Crippen molar-refractivity contribution in [3.05, 3.63) is 47.8 Å². The van der Waals surface area contributed by atoms with E-state index in [2.05, 4.69) is 53.3 Å². The number of likely N-dealkylation sites (tertiary alicyclic amines) is 1. The molecular weight excluding hydrogens is 336 g/mol. The third-order valence-electron chi connectivity index (χ3n) is 5.63. The highest BCUT2D eigenvalue weighted by atomic mass is 16.5. The standard InChI is InChI=1S/C22H34N4O/c1-4-26-18-20(15-23-26)17-24(2)16-19-9-12-25(13-10-19)14-11-21-7-5-6-8-22(21)27-3/h5-8,15,18-19H,4,9-14,16-17H2,1-3H3. The van der Waals surface area contributed by atoms with E-state index >= 15 is 0 Å². The van der Waals surface area contributed by atoms with Crippen molar-refractivity contribution in [2.24, 2.45) is 5.92 Å². The Kier molecular flexibility index (Phi) is 7.30. The van der Waals surface area contributed by atoms with Crippen LogP contribution in [0.4, 0.5) is 0 Å². The fraction of sp³-hybridized carbons (Fsp3) is 0.591. The average Bonchev–Trinajstić information content (AvgIpc) is 3.15. The van der Waals surface area contributed by atoms with Crippen molar-refractivity contribution in [2.45, 2.75) is 39.3 Å². The molecule has 0 bridgehead atoms. The molecule has 0 N–H and O–H groups in total. The number of hydrogen-bond acceptors (Lipinski definition) is 4. The molecule has 148 valence electrons. The molecule has 2 aromatic rings. The molecule has 0 unspecified atom stereocenters. The topological polar surface area (TPSA) is 33.5 Å². The molecule has 0 saturated carbocycles. The van der Waals surface area contributed by atoms with Crippen LogP contribution in [0, 0.1) is 5.92 Å². The van der Waals surface area contributed by atoms with Gasteiger partial charge in [0.1, 0.15) is 5.75 Å². The highest BCUT2D eigenvalue weighted by Gasteiger charge is 2.20. The Morgan fingerprint density at radius 1 is 1.22 bits per heavy atom. The molecule has 3 rings (SSSR count). The van der Waals surface area contributed by atoms with E-state index in [1.165, 1.54) is 43.6 Å². The maximum absolute atomic E-state index is 5.47. The highest BCUT2D eigenvalue weighted by molar-refractivity contribution is 5.33. The summed E-state index contributed by atoms with van der Waals surface area (Å²) in [7, 11) is 3.99. The molecule has 27 heavy (non-hydrogen) atoms. The summed E-state index contributed by atoms with van der Waals surface area (Å²) in [4.78, 5) is 5.06. The number of aryl methyl sites for hydroxylation is 1. The number of para-hydroxylation sites is 1. The Morgan fingerprint density at radius 3 is 2.70 bits per heavy atom. The van der Waals surface area contributed by atoms with Gasteiger partial charge >= 0.3 is 0 Å². The molecule has 1 aliphatic rings. The van der Waals surface area contributed by atoms with E-state index in [9.17, 15) is 0 Å². The first kappa shape index (κ1) is 19.9. The van der Waals surface area contributed by atoms with E-state index in [-0.39, 0.29) is 0 Å². The quantitative estimate of drug-likeness (QED) is 0.678. The van der Waals surface area contributed by atoms with Crippen LogP contribution < -0.4 is 4.74 Å². The Labute approximate surface area is 163 Å². The van der Waals surface area contributed by atoms with Gasteiger partial charge in [-0.15, -0.1) is 0 Å². The highest BCUT2D eigenvalue weighted by Crippen LogP contribution is 2.21. The monoisotopic (exact) mass is 370 g/mol. The van der Waals surface area contributed by atoms with Crippen molar-refractivity contribution in [1.29, 1.82) is 0 Å². The molecule has 0 atom stereocenters. The number of rotatable bonds is 9. The predicted molar refractivity (Wildman–Crippen MR) is 110 cm³/mol. The first-order valence-corrected chi connectivity index (χ1v) is 10.2. The Bertz CT molecular complexity index is 691. The van der Waals surface area contributed by atoms with Crippen LogP contribution in [0.3, 0.4) is 0 Å². The number of nitrogens with zero attached hydrogens (tertiary/aromatic N) is 4. The molecule has 1 aliphatic heterocycles. The second-order valence-corrected chi connectivity index (χ2v) is 7.75. The molecule has 0 aliphatic carbocycles. The first-order chi connectivity index (χ1) is 13.2. The lowest BCUT2D eigenvalue weighted by atomic mass is 9.96. The molecule has 5 heteroatoms. The summed E-state index contributed by atoms with van der Waals surface area (Å²) in [5.41, 5.74) is 2.63. The van der Waals surface area contributed by atoms with E-state index in [4.69, 9.17) is 4.74 Å². The van der Waals surface area contributed by atoms with Gasteiger partial charge in [0.05, 0.1) is 13.3 Å². The molecule has 0 radical (unpaired) electrons. The maximum Gasteiger partial charge on any atom is 0.122 e. The Hall–Kier alpha value is -1.85. The van der Waals surface area contributed by atoms with Crippen LogP contribution in [0.25, 0.3) is 0 Å². The molecule has 1 saturated heterocycles. The number of ether oxygens (including phenoxy) is 1. The third-order valence-corrected chi connectivity index (χ3v) is 5.63. The number of piperidine rings is 1. The minimum atomic E-state index is 0.804. The van der Waals surface area contributed by atoms with Gasteiger partial charge in [0.15, 0.2) is 0 Å². The lowest BCUT2D eigenvalue weighted by Crippen LogP contribution is -2.38. The second-order valence-electron chi connectivity index (χ2n) is 7.75. The van der Waals surface area contributed by atoms with Crippen LogP contribution in [0.2, 0.25) is 0 Å². The summed E-state index contributed by atoms with van der Waals surface area (Å²) in [5, 5.41) is 4.38. The van der Waals surface area contributed by atoms with Crippen LogP contribution >= 0.6 is 0 Å². The van der Waals surface area contributed by atoms with Gasteiger partial charge in [-0.3, -0.25) is 4.68 Å². The third kappa shape index (κ3) is 5.81. The fourth-order valence-electron chi connectivity index (χ4n) is 4.06. The predicted octanol–water partition coefficient (Wildman–Crippen LogP) is 3.30. The van der Waals surface area contributed by atoms with Gasteiger partial charge < -0.3 is 14.5 Å². The van der Waals surface area contributed by atoms with E-state index in [0.717, 1.165) is 37.7 Å². The average molecular weight is 371 g/mol. The maximum atomic E-state index is 5.47. The largest absolute Gasteiger partial charge is 0.496 e. The summed E-state index contributed by atoms with van der Waals surface area (Å²) in [5.74, 6) is 1.82. The SMILES string of the molecule is CCn1cc(CN(C)CC2CCN(CCc3ccccc3OC)CC2)cn1.